The van der Waals surface area contributed by atoms with Gasteiger partial charge in [0.15, 0.2) is 5.82 Å². The summed E-state index contributed by atoms with van der Waals surface area (Å²) >= 11 is 1.93. The van der Waals surface area contributed by atoms with Crippen molar-refractivity contribution in [2.24, 2.45) is 5.92 Å². The first-order chi connectivity index (χ1) is 15.5. The van der Waals surface area contributed by atoms with Gasteiger partial charge in [-0.1, -0.05) is 13.3 Å². The van der Waals surface area contributed by atoms with Crippen molar-refractivity contribution in [3.8, 4) is 28.1 Å². The number of thioether (sulfide) groups is 1. The molecule has 2 aromatic heterocycles. The van der Waals surface area contributed by atoms with Crippen molar-refractivity contribution in [3.63, 3.8) is 0 Å². The van der Waals surface area contributed by atoms with Crippen molar-refractivity contribution in [1.82, 2.24) is 15.2 Å². The van der Waals surface area contributed by atoms with Crippen molar-refractivity contribution >= 4 is 17.6 Å². The van der Waals surface area contributed by atoms with Crippen molar-refractivity contribution < 1.29 is 9.50 Å². The van der Waals surface area contributed by atoms with E-state index in [1.54, 1.807) is 12.1 Å². The van der Waals surface area contributed by atoms with Gasteiger partial charge < -0.3 is 15.0 Å². The third-order valence-corrected chi connectivity index (χ3v) is 6.94. The molecule has 1 aliphatic rings. The normalized spacial score (nSPS) is 13.7. The topological polar surface area (TPSA) is 82.1 Å². The van der Waals surface area contributed by atoms with Crippen LogP contribution in [0.2, 0.25) is 0 Å². The summed E-state index contributed by atoms with van der Waals surface area (Å²) in [6, 6.07) is 9.03. The number of rotatable bonds is 9. The van der Waals surface area contributed by atoms with Gasteiger partial charge in [0, 0.05) is 29.9 Å². The molecular weight excluding hydrogens is 427 g/mol. The number of phenols is 1. The number of aromatic hydroxyl groups is 1. The number of pyridine rings is 1. The summed E-state index contributed by atoms with van der Waals surface area (Å²) in [6.07, 6.45) is 6.49. The molecule has 3 aromatic rings. The number of anilines is 1. The minimum atomic E-state index is -0.547. The second-order valence-corrected chi connectivity index (χ2v) is 9.13. The number of phenolic OH excluding ortho intramolecular Hbond substituents is 1. The molecule has 1 aromatic carbocycles. The monoisotopic (exact) mass is 454 g/mol. The lowest BCUT2D eigenvalue weighted by atomic mass is 9.87. The van der Waals surface area contributed by atoms with Crippen LogP contribution in [-0.2, 0) is 0 Å². The van der Waals surface area contributed by atoms with E-state index in [1.807, 2.05) is 17.8 Å². The molecule has 0 unspecified atom stereocenters. The Kier molecular flexibility index (Phi) is 7.09. The smallest absolute Gasteiger partial charge is 0.248 e. The molecule has 1 aliphatic carbocycles. The van der Waals surface area contributed by atoms with Crippen LogP contribution in [0, 0.1) is 11.7 Å². The van der Waals surface area contributed by atoms with Gasteiger partial charge in [0.05, 0.1) is 11.6 Å². The standard InChI is InChI=1S/C24H27FN4O2S/c1-2-10-29(15-32-14-16-4-3-5-16)23-7-6-21(27-28-23)19-12-20(25)18(13-22(19)30)17-8-9-26-24(31)11-17/h6-9,11-13,16,30H,2-5,10,14-15H2,1H3,(H,26,31). The number of benzene rings is 1. The lowest BCUT2D eigenvalue weighted by Crippen LogP contribution is -2.26. The molecule has 168 valence electrons. The number of halogens is 1. The molecule has 0 atom stereocenters. The van der Waals surface area contributed by atoms with E-state index in [2.05, 4.69) is 27.0 Å². The highest BCUT2D eigenvalue weighted by Crippen LogP contribution is 2.35. The number of hydrogen-bond donors (Lipinski definition) is 2. The molecule has 0 bridgehead atoms. The molecule has 0 amide bonds. The van der Waals surface area contributed by atoms with Crippen LogP contribution in [0.4, 0.5) is 10.2 Å². The zero-order valence-electron chi connectivity index (χ0n) is 18.1. The first-order valence-electron chi connectivity index (χ1n) is 10.9. The van der Waals surface area contributed by atoms with E-state index in [0.717, 1.165) is 30.6 Å². The number of H-pyrrole nitrogens is 1. The molecule has 32 heavy (non-hydrogen) atoms. The van der Waals surface area contributed by atoms with Gasteiger partial charge in [-0.2, -0.15) is 0 Å². The Morgan fingerprint density at radius 1 is 1.19 bits per heavy atom. The predicted molar refractivity (Wildman–Crippen MR) is 127 cm³/mol. The van der Waals surface area contributed by atoms with Gasteiger partial charge in [0.2, 0.25) is 5.56 Å². The fraction of sp³-hybridized carbons (Fsp3) is 0.375. The van der Waals surface area contributed by atoms with Crippen molar-refractivity contribution in [2.75, 3.05) is 23.1 Å². The summed E-state index contributed by atoms with van der Waals surface area (Å²) < 4.78 is 14.8. The Balaban J connectivity index is 1.52. The molecular formula is C24H27FN4O2S. The predicted octanol–water partition coefficient (Wildman–Crippen LogP) is 5.05. The van der Waals surface area contributed by atoms with E-state index < -0.39 is 5.82 Å². The fourth-order valence-corrected chi connectivity index (χ4v) is 5.00. The number of aromatic amines is 1. The summed E-state index contributed by atoms with van der Waals surface area (Å²) in [6.45, 7) is 3.02. The van der Waals surface area contributed by atoms with E-state index >= 15 is 0 Å². The molecule has 8 heteroatoms. The van der Waals surface area contributed by atoms with Gasteiger partial charge in [0.1, 0.15) is 11.6 Å². The fourth-order valence-electron chi connectivity index (χ4n) is 3.74. The summed E-state index contributed by atoms with van der Waals surface area (Å²) in [5, 5.41) is 19.1. The van der Waals surface area contributed by atoms with E-state index in [-0.39, 0.29) is 22.4 Å². The first-order valence-corrected chi connectivity index (χ1v) is 12.1. The molecule has 1 saturated carbocycles. The Labute approximate surface area is 190 Å². The van der Waals surface area contributed by atoms with Crippen LogP contribution in [0.1, 0.15) is 32.6 Å². The third kappa shape index (κ3) is 5.12. The molecule has 0 saturated heterocycles. The zero-order chi connectivity index (χ0) is 22.5. The van der Waals surface area contributed by atoms with Crippen LogP contribution >= 0.6 is 11.8 Å². The Morgan fingerprint density at radius 3 is 2.69 bits per heavy atom. The molecule has 6 nitrogen and oxygen atoms in total. The molecule has 0 aliphatic heterocycles. The summed E-state index contributed by atoms with van der Waals surface area (Å²) in [5.41, 5.74) is 0.857. The lowest BCUT2D eigenvalue weighted by molar-refractivity contribution is 0.353. The Morgan fingerprint density at radius 2 is 2.03 bits per heavy atom. The largest absolute Gasteiger partial charge is 0.507 e. The molecule has 2 heterocycles. The van der Waals surface area contributed by atoms with Gasteiger partial charge in [-0.25, -0.2) is 4.39 Å². The maximum absolute atomic E-state index is 14.8. The molecule has 2 N–H and O–H groups in total. The van der Waals surface area contributed by atoms with Crippen molar-refractivity contribution in [1.29, 1.82) is 0 Å². The molecule has 0 radical (unpaired) electrons. The summed E-state index contributed by atoms with van der Waals surface area (Å²) in [4.78, 5) is 16.2. The number of hydrogen-bond acceptors (Lipinski definition) is 6. The maximum Gasteiger partial charge on any atom is 0.248 e. The SMILES string of the molecule is CCCN(CSCC1CCC1)c1ccc(-c2cc(F)c(-c3cc[nH]c(=O)c3)cc2O)nn1. The highest BCUT2D eigenvalue weighted by atomic mass is 32.2. The summed E-state index contributed by atoms with van der Waals surface area (Å²) in [7, 11) is 0. The maximum atomic E-state index is 14.8. The van der Waals surface area contributed by atoms with Gasteiger partial charge in [0.25, 0.3) is 0 Å². The van der Waals surface area contributed by atoms with Gasteiger partial charge in [-0.15, -0.1) is 22.0 Å². The van der Waals surface area contributed by atoms with Gasteiger partial charge in [-0.3, -0.25) is 4.79 Å². The molecule has 0 spiro atoms. The van der Waals surface area contributed by atoms with Gasteiger partial charge >= 0.3 is 0 Å². The van der Waals surface area contributed by atoms with Crippen LogP contribution in [0.15, 0.2) is 47.4 Å². The second-order valence-electron chi connectivity index (χ2n) is 8.13. The highest BCUT2D eigenvalue weighted by molar-refractivity contribution is 7.99. The number of aromatic nitrogens is 3. The van der Waals surface area contributed by atoms with Crippen LogP contribution in [0.25, 0.3) is 22.4 Å². The van der Waals surface area contributed by atoms with Crippen LogP contribution in [0.5, 0.6) is 5.75 Å². The Hall–Kier alpha value is -2.87. The van der Waals surface area contributed by atoms with Gasteiger partial charge in [-0.05, 0) is 66.8 Å². The average molecular weight is 455 g/mol. The minimum absolute atomic E-state index is 0.120. The minimum Gasteiger partial charge on any atom is -0.507 e. The number of nitrogens with zero attached hydrogens (tertiary/aromatic N) is 3. The summed E-state index contributed by atoms with van der Waals surface area (Å²) in [5.74, 6) is 3.00. The van der Waals surface area contributed by atoms with E-state index in [4.69, 9.17) is 0 Å². The van der Waals surface area contributed by atoms with Crippen LogP contribution < -0.4 is 10.5 Å². The van der Waals surface area contributed by atoms with E-state index in [1.165, 1.54) is 49.4 Å². The number of nitrogens with one attached hydrogen (secondary N) is 1. The molecule has 1 fully saturated rings. The zero-order valence-corrected chi connectivity index (χ0v) is 18.9. The lowest BCUT2D eigenvalue weighted by Gasteiger charge is -2.27. The molecule has 4 rings (SSSR count). The second kappa shape index (κ2) is 10.2. The van der Waals surface area contributed by atoms with E-state index in [0.29, 0.717) is 11.3 Å². The third-order valence-electron chi connectivity index (χ3n) is 5.74. The quantitative estimate of drug-likeness (QED) is 0.440. The average Bonchev–Trinajstić information content (AvgIpc) is 2.76. The van der Waals surface area contributed by atoms with Crippen LogP contribution in [-0.4, -0.2) is 38.5 Å². The first kappa shape index (κ1) is 22.3. The van der Waals surface area contributed by atoms with E-state index in [9.17, 15) is 14.3 Å². The highest BCUT2D eigenvalue weighted by Gasteiger charge is 2.18. The van der Waals surface area contributed by atoms with Crippen molar-refractivity contribution in [2.45, 2.75) is 32.6 Å². The Bertz CT molecular complexity index is 1120. The van der Waals surface area contributed by atoms with Crippen LogP contribution in [0.3, 0.4) is 0 Å². The van der Waals surface area contributed by atoms with Crippen molar-refractivity contribution in [3.05, 3.63) is 58.8 Å².